The van der Waals surface area contributed by atoms with Crippen LogP contribution in [0.3, 0.4) is 0 Å². The molecule has 0 spiro atoms. The van der Waals surface area contributed by atoms with Crippen LogP contribution in [-0.2, 0) is 13.6 Å². The molecule has 3 aromatic rings. The van der Waals surface area contributed by atoms with E-state index in [1.54, 1.807) is 17.2 Å². The smallest absolute Gasteiger partial charge is 0.169 e. The molecule has 0 aliphatic heterocycles. The molecule has 0 amide bonds. The highest BCUT2D eigenvalue weighted by atomic mass is 15.3. The quantitative estimate of drug-likeness (QED) is 0.748. The zero-order valence-corrected chi connectivity index (χ0v) is 9.91. The first-order valence-corrected chi connectivity index (χ1v) is 5.62. The van der Waals surface area contributed by atoms with Crippen LogP contribution in [0.15, 0.2) is 36.8 Å². The van der Waals surface area contributed by atoms with Crippen LogP contribution in [0.25, 0.3) is 10.9 Å². The summed E-state index contributed by atoms with van der Waals surface area (Å²) in [5, 5.41) is 16.6. The highest BCUT2D eigenvalue weighted by Crippen LogP contribution is 2.19. The molecular weight excluding hydrogens is 228 g/mol. The normalized spacial score (nSPS) is 10.7. The van der Waals surface area contributed by atoms with Crippen molar-refractivity contribution in [3.8, 4) is 0 Å². The van der Waals surface area contributed by atoms with E-state index in [0.29, 0.717) is 6.54 Å². The van der Waals surface area contributed by atoms with Gasteiger partial charge in [0.1, 0.15) is 6.33 Å². The highest BCUT2D eigenvalue weighted by Gasteiger charge is 2.03. The van der Waals surface area contributed by atoms with Gasteiger partial charge in [-0.15, -0.1) is 0 Å². The lowest BCUT2D eigenvalue weighted by molar-refractivity contribution is 0.747. The lowest BCUT2D eigenvalue weighted by atomic mass is 10.2. The van der Waals surface area contributed by atoms with Crippen LogP contribution >= 0.6 is 0 Å². The van der Waals surface area contributed by atoms with E-state index >= 15 is 0 Å². The summed E-state index contributed by atoms with van der Waals surface area (Å²) in [6.45, 7) is 0.566. The number of benzene rings is 1. The second-order valence-electron chi connectivity index (χ2n) is 3.96. The third-order valence-corrected chi connectivity index (χ3v) is 2.63. The molecular formula is C12H12N6. The average molecular weight is 240 g/mol. The number of nitrogens with zero attached hydrogens (tertiary/aromatic N) is 5. The Morgan fingerprint density at radius 3 is 3.00 bits per heavy atom. The molecule has 0 saturated heterocycles. The molecule has 0 fully saturated rings. The fraction of sp³-hybridized carbons (Fsp3) is 0.167. The van der Waals surface area contributed by atoms with Crippen LogP contribution in [-0.4, -0.2) is 25.0 Å². The van der Waals surface area contributed by atoms with Gasteiger partial charge >= 0.3 is 0 Å². The van der Waals surface area contributed by atoms with Crippen molar-refractivity contribution in [1.29, 1.82) is 0 Å². The second-order valence-corrected chi connectivity index (χ2v) is 3.96. The lowest BCUT2D eigenvalue weighted by Crippen LogP contribution is -2.03. The minimum atomic E-state index is 0.566. The number of aryl methyl sites for hydroxylation is 1. The molecule has 6 nitrogen and oxygen atoms in total. The lowest BCUT2D eigenvalue weighted by Gasteiger charge is -2.06. The number of fused-ring (bicyclic) bond motifs is 1. The Labute approximate surface area is 104 Å². The van der Waals surface area contributed by atoms with Gasteiger partial charge in [0.25, 0.3) is 0 Å². The molecule has 3 rings (SSSR count). The number of rotatable bonds is 3. The summed E-state index contributed by atoms with van der Waals surface area (Å²) in [4.78, 5) is 4.16. The summed E-state index contributed by atoms with van der Waals surface area (Å²) < 4.78 is 1.68. The SMILES string of the molecule is Cn1cnc(CNc2cnnc3ccccc23)n1. The topological polar surface area (TPSA) is 68.5 Å². The van der Waals surface area contributed by atoms with Crippen molar-refractivity contribution in [2.24, 2.45) is 7.05 Å². The predicted octanol–water partition coefficient (Wildman–Crippen LogP) is 1.37. The van der Waals surface area contributed by atoms with Gasteiger partial charge in [-0.2, -0.15) is 15.3 Å². The highest BCUT2D eigenvalue weighted by molar-refractivity contribution is 5.90. The number of aromatic nitrogens is 5. The number of hydrogen-bond donors (Lipinski definition) is 1. The average Bonchev–Trinajstić information content (AvgIpc) is 2.82. The van der Waals surface area contributed by atoms with Gasteiger partial charge in [-0.25, -0.2) is 4.98 Å². The predicted molar refractivity (Wildman–Crippen MR) is 67.9 cm³/mol. The van der Waals surface area contributed by atoms with Crippen molar-refractivity contribution in [3.63, 3.8) is 0 Å². The molecule has 0 aliphatic rings. The molecule has 0 radical (unpaired) electrons. The van der Waals surface area contributed by atoms with Crippen molar-refractivity contribution in [3.05, 3.63) is 42.6 Å². The maximum absolute atomic E-state index is 4.21. The minimum Gasteiger partial charge on any atom is -0.376 e. The summed E-state index contributed by atoms with van der Waals surface area (Å²) in [7, 11) is 1.85. The molecule has 1 N–H and O–H groups in total. The van der Waals surface area contributed by atoms with Crippen LogP contribution in [0.4, 0.5) is 5.69 Å². The monoisotopic (exact) mass is 240 g/mol. The fourth-order valence-corrected chi connectivity index (χ4v) is 1.79. The molecule has 0 aliphatic carbocycles. The summed E-state index contributed by atoms with van der Waals surface area (Å²) in [6, 6.07) is 7.88. The van der Waals surface area contributed by atoms with Gasteiger partial charge in [-0.05, 0) is 6.07 Å². The summed E-state index contributed by atoms with van der Waals surface area (Å²) in [6.07, 6.45) is 3.39. The molecule has 18 heavy (non-hydrogen) atoms. The van der Waals surface area contributed by atoms with Gasteiger partial charge < -0.3 is 5.32 Å². The van der Waals surface area contributed by atoms with E-state index in [4.69, 9.17) is 0 Å². The van der Waals surface area contributed by atoms with Crippen molar-refractivity contribution in [2.45, 2.75) is 6.54 Å². The van der Waals surface area contributed by atoms with Crippen LogP contribution in [0.1, 0.15) is 5.82 Å². The number of hydrogen-bond acceptors (Lipinski definition) is 5. The van der Waals surface area contributed by atoms with Crippen molar-refractivity contribution in [1.82, 2.24) is 25.0 Å². The van der Waals surface area contributed by atoms with E-state index < -0.39 is 0 Å². The third-order valence-electron chi connectivity index (χ3n) is 2.63. The molecule has 2 heterocycles. The van der Waals surface area contributed by atoms with Gasteiger partial charge in [-0.3, -0.25) is 4.68 Å². The molecule has 6 heteroatoms. The molecule has 0 atom stereocenters. The van der Waals surface area contributed by atoms with Crippen molar-refractivity contribution < 1.29 is 0 Å². The first kappa shape index (κ1) is 10.6. The largest absolute Gasteiger partial charge is 0.376 e. The standard InChI is InChI=1S/C12H12N6/c1-18-8-14-12(17-18)7-13-11-6-15-16-10-5-3-2-4-9(10)11/h2-6,8H,7H2,1H3,(H,13,16). The molecule has 90 valence electrons. The van der Waals surface area contributed by atoms with E-state index in [-0.39, 0.29) is 0 Å². The Bertz CT molecular complexity index is 670. The maximum atomic E-state index is 4.21. The first-order valence-electron chi connectivity index (χ1n) is 5.62. The van der Waals surface area contributed by atoms with Crippen molar-refractivity contribution in [2.75, 3.05) is 5.32 Å². The van der Waals surface area contributed by atoms with Gasteiger partial charge in [0, 0.05) is 12.4 Å². The van der Waals surface area contributed by atoms with Gasteiger partial charge in [0.2, 0.25) is 0 Å². The van der Waals surface area contributed by atoms with Crippen LogP contribution in [0, 0.1) is 0 Å². The molecule has 0 saturated carbocycles. The van der Waals surface area contributed by atoms with E-state index in [1.165, 1.54) is 0 Å². The van der Waals surface area contributed by atoms with Crippen molar-refractivity contribution >= 4 is 16.6 Å². The van der Waals surface area contributed by atoms with E-state index in [9.17, 15) is 0 Å². The molecule has 1 aromatic carbocycles. The van der Waals surface area contributed by atoms with E-state index in [1.807, 2.05) is 31.3 Å². The van der Waals surface area contributed by atoms with Gasteiger partial charge in [0.05, 0.1) is 23.9 Å². The van der Waals surface area contributed by atoms with Crippen LogP contribution in [0.2, 0.25) is 0 Å². The zero-order chi connectivity index (χ0) is 12.4. The maximum Gasteiger partial charge on any atom is 0.169 e. The molecule has 0 unspecified atom stereocenters. The molecule has 2 aromatic heterocycles. The number of nitrogens with one attached hydrogen (secondary N) is 1. The summed E-state index contributed by atoms with van der Waals surface area (Å²) >= 11 is 0. The number of anilines is 1. The molecule has 0 bridgehead atoms. The van der Waals surface area contributed by atoms with Gasteiger partial charge in [-0.1, -0.05) is 18.2 Å². The first-order chi connectivity index (χ1) is 8.83. The Balaban J connectivity index is 1.86. The Kier molecular flexibility index (Phi) is 2.60. The zero-order valence-electron chi connectivity index (χ0n) is 9.91. The Morgan fingerprint density at radius 2 is 2.17 bits per heavy atom. The van der Waals surface area contributed by atoms with Crippen LogP contribution in [0.5, 0.6) is 0 Å². The Hall–Kier alpha value is -2.50. The Morgan fingerprint density at radius 1 is 1.28 bits per heavy atom. The van der Waals surface area contributed by atoms with Crippen LogP contribution < -0.4 is 5.32 Å². The third kappa shape index (κ3) is 2.00. The fourth-order valence-electron chi connectivity index (χ4n) is 1.79. The van der Waals surface area contributed by atoms with E-state index in [0.717, 1.165) is 22.4 Å². The second kappa shape index (κ2) is 4.40. The minimum absolute atomic E-state index is 0.566. The summed E-state index contributed by atoms with van der Waals surface area (Å²) in [5.74, 6) is 0.749. The summed E-state index contributed by atoms with van der Waals surface area (Å²) in [5.41, 5.74) is 1.81. The van der Waals surface area contributed by atoms with Gasteiger partial charge in [0.15, 0.2) is 5.82 Å². The van der Waals surface area contributed by atoms with E-state index in [2.05, 4.69) is 25.6 Å².